The summed E-state index contributed by atoms with van der Waals surface area (Å²) >= 11 is 0. The van der Waals surface area contributed by atoms with Crippen molar-refractivity contribution < 1.29 is 14.6 Å². The fraction of sp³-hybridized carbons (Fsp3) is 0.952. The molecule has 1 aliphatic heterocycles. The molecular formula is C21H37NO3. The molecule has 0 radical (unpaired) electrons. The van der Waals surface area contributed by atoms with Crippen LogP contribution in [0.25, 0.3) is 0 Å². The highest BCUT2D eigenvalue weighted by molar-refractivity contribution is 5.68. The van der Waals surface area contributed by atoms with E-state index in [4.69, 9.17) is 9.84 Å². The Balaban J connectivity index is 1.66. The summed E-state index contributed by atoms with van der Waals surface area (Å²) in [6.07, 6.45) is 15.9. The van der Waals surface area contributed by atoms with Crippen molar-refractivity contribution in [2.24, 2.45) is 23.7 Å². The fourth-order valence-corrected chi connectivity index (χ4v) is 5.85. The zero-order valence-corrected chi connectivity index (χ0v) is 15.9. The number of piperidine rings is 1. The highest BCUT2D eigenvalue weighted by Crippen LogP contribution is 2.46. The van der Waals surface area contributed by atoms with E-state index in [2.05, 4.69) is 12.2 Å². The molecule has 4 nitrogen and oxygen atoms in total. The van der Waals surface area contributed by atoms with Gasteiger partial charge in [0.1, 0.15) is 12.8 Å². The number of aliphatic carboxylic acids is 1. The Kier molecular flexibility index (Phi) is 7.18. The van der Waals surface area contributed by atoms with E-state index >= 15 is 0 Å². The highest BCUT2D eigenvalue weighted by atomic mass is 16.5. The largest absolute Gasteiger partial charge is 0.480 e. The molecule has 2 aliphatic carbocycles. The lowest BCUT2D eigenvalue weighted by Crippen LogP contribution is -2.56. The van der Waals surface area contributed by atoms with E-state index in [0.717, 1.165) is 30.1 Å². The molecule has 1 heterocycles. The van der Waals surface area contributed by atoms with Gasteiger partial charge in [-0.05, 0) is 49.4 Å². The molecule has 3 aliphatic rings. The Bertz CT molecular complexity index is 421. The molecule has 0 aromatic heterocycles. The third-order valence-corrected chi connectivity index (χ3v) is 7.07. The quantitative estimate of drug-likeness (QED) is 0.705. The number of fused-ring (bicyclic) bond motifs is 1. The van der Waals surface area contributed by atoms with Crippen LogP contribution in [-0.4, -0.2) is 30.0 Å². The lowest BCUT2D eigenvalue weighted by molar-refractivity contribution is -0.148. The first-order valence-corrected chi connectivity index (χ1v) is 10.8. The van der Waals surface area contributed by atoms with Gasteiger partial charge in [-0.25, -0.2) is 4.79 Å². The second kappa shape index (κ2) is 9.36. The van der Waals surface area contributed by atoms with Crippen LogP contribution in [0.15, 0.2) is 0 Å². The van der Waals surface area contributed by atoms with Crippen LogP contribution in [0.4, 0.5) is 0 Å². The van der Waals surface area contributed by atoms with Crippen molar-refractivity contribution in [2.45, 2.75) is 96.2 Å². The summed E-state index contributed by atoms with van der Waals surface area (Å²) in [5, 5.41) is 12.6. The van der Waals surface area contributed by atoms with E-state index in [0.29, 0.717) is 6.04 Å². The van der Waals surface area contributed by atoms with Gasteiger partial charge in [0.25, 0.3) is 0 Å². The van der Waals surface area contributed by atoms with E-state index in [-0.39, 0.29) is 12.8 Å². The number of unbranched alkanes of at least 4 members (excludes halogenated alkanes) is 1. The highest BCUT2D eigenvalue weighted by Gasteiger charge is 2.44. The number of rotatable bonds is 7. The third kappa shape index (κ3) is 5.19. The number of carbonyl (C=O) groups is 1. The SMILES string of the molecule is CCCCC1CCC2NC(OCC(=O)O)CC(C3CCCCC3)C2C1. The number of hydrogen-bond acceptors (Lipinski definition) is 3. The van der Waals surface area contributed by atoms with Crippen molar-refractivity contribution >= 4 is 5.97 Å². The van der Waals surface area contributed by atoms with Gasteiger partial charge >= 0.3 is 5.97 Å². The predicted molar refractivity (Wildman–Crippen MR) is 99.3 cm³/mol. The zero-order chi connectivity index (χ0) is 17.6. The van der Waals surface area contributed by atoms with Crippen molar-refractivity contribution in [3.8, 4) is 0 Å². The number of ether oxygens (including phenoxy) is 1. The minimum Gasteiger partial charge on any atom is -0.480 e. The fourth-order valence-electron chi connectivity index (χ4n) is 5.85. The van der Waals surface area contributed by atoms with Crippen LogP contribution < -0.4 is 5.32 Å². The Hall–Kier alpha value is -0.610. The van der Waals surface area contributed by atoms with Gasteiger partial charge < -0.3 is 9.84 Å². The van der Waals surface area contributed by atoms with Crippen molar-refractivity contribution in [3.63, 3.8) is 0 Å². The van der Waals surface area contributed by atoms with Gasteiger partial charge in [-0.3, -0.25) is 5.32 Å². The summed E-state index contributed by atoms with van der Waals surface area (Å²) in [5.41, 5.74) is 0. The average molecular weight is 352 g/mol. The summed E-state index contributed by atoms with van der Waals surface area (Å²) in [5.74, 6) is 2.40. The van der Waals surface area contributed by atoms with Gasteiger partial charge in [-0.2, -0.15) is 0 Å². The third-order valence-electron chi connectivity index (χ3n) is 7.07. The van der Waals surface area contributed by atoms with Crippen LogP contribution in [0.3, 0.4) is 0 Å². The molecule has 0 bridgehead atoms. The minimum absolute atomic E-state index is 0.0588. The summed E-state index contributed by atoms with van der Waals surface area (Å²) in [6.45, 7) is 2.12. The monoisotopic (exact) mass is 351 g/mol. The molecule has 144 valence electrons. The normalized spacial score (nSPS) is 36.8. The molecule has 5 atom stereocenters. The van der Waals surface area contributed by atoms with Gasteiger partial charge in [0.05, 0.1) is 0 Å². The number of nitrogens with one attached hydrogen (secondary N) is 1. The van der Waals surface area contributed by atoms with Crippen molar-refractivity contribution in [1.82, 2.24) is 5.32 Å². The molecule has 25 heavy (non-hydrogen) atoms. The molecule has 3 fully saturated rings. The van der Waals surface area contributed by atoms with Crippen LogP contribution in [0.2, 0.25) is 0 Å². The van der Waals surface area contributed by atoms with Gasteiger partial charge in [0.15, 0.2) is 0 Å². The van der Waals surface area contributed by atoms with E-state index < -0.39 is 5.97 Å². The number of carboxylic acids is 1. The van der Waals surface area contributed by atoms with Crippen molar-refractivity contribution in [2.75, 3.05) is 6.61 Å². The maximum atomic E-state index is 10.9. The average Bonchev–Trinajstić information content (AvgIpc) is 2.64. The Morgan fingerprint density at radius 3 is 2.60 bits per heavy atom. The van der Waals surface area contributed by atoms with Crippen LogP contribution in [0.5, 0.6) is 0 Å². The maximum absolute atomic E-state index is 10.9. The topological polar surface area (TPSA) is 58.6 Å². The maximum Gasteiger partial charge on any atom is 0.329 e. The van der Waals surface area contributed by atoms with Gasteiger partial charge in [0.2, 0.25) is 0 Å². The van der Waals surface area contributed by atoms with Crippen molar-refractivity contribution in [1.29, 1.82) is 0 Å². The molecule has 4 heteroatoms. The first-order chi connectivity index (χ1) is 12.2. The molecule has 1 saturated heterocycles. The number of carboxylic acid groups (broad SMARTS) is 1. The van der Waals surface area contributed by atoms with E-state index in [1.54, 1.807) is 0 Å². The standard InChI is InChI=1S/C21H37NO3/c1-2-3-7-15-10-11-19-18(12-15)17(16-8-5-4-6-9-16)13-20(22-19)25-14-21(23)24/h15-20,22H,2-14H2,1H3,(H,23,24). The zero-order valence-electron chi connectivity index (χ0n) is 15.9. The second-order valence-corrected chi connectivity index (χ2v) is 8.75. The lowest BCUT2D eigenvalue weighted by Gasteiger charge is -2.50. The molecule has 2 N–H and O–H groups in total. The van der Waals surface area contributed by atoms with Gasteiger partial charge in [0, 0.05) is 6.04 Å². The molecule has 3 rings (SSSR count). The van der Waals surface area contributed by atoms with Crippen LogP contribution in [0, 0.1) is 23.7 Å². The number of hydrogen-bond donors (Lipinski definition) is 2. The Morgan fingerprint density at radius 1 is 1.08 bits per heavy atom. The smallest absolute Gasteiger partial charge is 0.329 e. The summed E-state index contributed by atoms with van der Waals surface area (Å²) in [6, 6.07) is 0.539. The first kappa shape index (κ1) is 19.2. The van der Waals surface area contributed by atoms with Crippen molar-refractivity contribution in [3.05, 3.63) is 0 Å². The molecule has 2 saturated carbocycles. The summed E-state index contributed by atoms with van der Waals surface area (Å²) in [7, 11) is 0. The molecule has 0 amide bonds. The van der Waals surface area contributed by atoms with E-state index in [1.165, 1.54) is 70.6 Å². The minimum atomic E-state index is -0.860. The van der Waals surface area contributed by atoms with E-state index in [1.807, 2.05) is 0 Å². The van der Waals surface area contributed by atoms with Crippen LogP contribution in [-0.2, 0) is 9.53 Å². The van der Waals surface area contributed by atoms with Crippen LogP contribution in [0.1, 0.15) is 84.0 Å². The first-order valence-electron chi connectivity index (χ1n) is 10.8. The van der Waals surface area contributed by atoms with Gasteiger partial charge in [-0.1, -0.05) is 58.3 Å². The molecule has 5 unspecified atom stereocenters. The molecule has 0 aromatic carbocycles. The Morgan fingerprint density at radius 2 is 1.88 bits per heavy atom. The predicted octanol–water partition coefficient (Wildman–Crippen LogP) is 4.58. The lowest BCUT2D eigenvalue weighted by atomic mass is 9.62. The van der Waals surface area contributed by atoms with Gasteiger partial charge in [-0.15, -0.1) is 0 Å². The van der Waals surface area contributed by atoms with E-state index in [9.17, 15) is 4.79 Å². The summed E-state index contributed by atoms with van der Waals surface area (Å²) in [4.78, 5) is 10.9. The molecular weight excluding hydrogens is 314 g/mol. The second-order valence-electron chi connectivity index (χ2n) is 8.75. The Labute approximate surface area is 153 Å². The van der Waals surface area contributed by atoms with Crippen LogP contribution >= 0.6 is 0 Å². The molecule has 0 aromatic rings. The summed E-state index contributed by atoms with van der Waals surface area (Å²) < 4.78 is 5.70. The molecule has 0 spiro atoms.